The number of nitrogens with two attached hydrogens (primary N) is 2. The maximum Gasteiger partial charge on any atom is 0.408 e. The molecule has 10 N–H and O–H groups in total. The minimum Gasteiger partial charge on any atom is -0.481 e. The molecule has 27 nitrogen and oxygen atoms in total. The molecule has 5 atom stereocenters. The first-order chi connectivity index (χ1) is 38.4. The van der Waals surface area contributed by atoms with Crippen LogP contribution in [0, 0.1) is 0 Å². The number of aromatic carboxylic acids is 1. The van der Waals surface area contributed by atoms with Crippen LogP contribution in [0.2, 0.25) is 0 Å². The summed E-state index contributed by atoms with van der Waals surface area (Å²) in [5.74, 6) is -5.29. The van der Waals surface area contributed by atoms with Gasteiger partial charge in [-0.05, 0) is 28.8 Å². The monoisotopic (exact) mass is 1130 g/mol. The smallest absolute Gasteiger partial charge is 0.408 e. The third kappa shape index (κ3) is 25.5. The minimum atomic E-state index is -1.29. The van der Waals surface area contributed by atoms with Gasteiger partial charge < -0.3 is 71.5 Å². The number of rotatable bonds is 13. The summed E-state index contributed by atoms with van der Waals surface area (Å²) in [6, 6.07) is 32.9. The van der Waals surface area contributed by atoms with Gasteiger partial charge in [0.1, 0.15) is 37.9 Å². The number of carbonyl (C=O) groups is 12. The van der Waals surface area contributed by atoms with Crippen molar-refractivity contribution in [2.45, 2.75) is 82.1 Å². The number of hydrogen-bond donors (Lipinski definition) is 8. The largest absolute Gasteiger partial charge is 0.481 e. The van der Waals surface area contributed by atoms with Crippen LogP contribution in [0.25, 0.3) is 0 Å². The molecule has 8 rings (SSSR count). The molecule has 4 fully saturated rings. The van der Waals surface area contributed by atoms with E-state index < -0.39 is 78.6 Å². The SMILES string of the molecule is CN1C(=O)C[C@H](NC(=O)OCc2ccccc2)C1=O.CN1C[C@@H](N)CC1=O.CN1C[C@@H](NC(=O)OCc2ccccc2)CC1=O.N[C@@H](CC(=O)O)C(=O)O.O=C(O)c1ccccc1.O=C1C[C@H](NC(=O)OCc2ccccc2)C(=O)O1. The Kier molecular flexibility index (Phi) is 27.7. The zero-order valence-electron chi connectivity index (χ0n) is 44.4. The summed E-state index contributed by atoms with van der Waals surface area (Å²) in [6.07, 6.45) is -1.77. The standard InChI is InChI=1S/C13H14N2O4.C13H16N2O3.C12H11NO5.C7H6O2.C5H10N2O.C4H7NO4/c1-15-11(16)7-10(12(15)17)14-13(18)19-8-9-5-3-2-4-6-9;1-15-8-11(7-12(15)16)14-13(17)18-9-10-5-3-2-4-6-10;14-10-6-9(11(15)18-10)13-12(16)17-7-8-4-2-1-3-5-8;8-7(9)6-4-2-1-3-5-6;1-7-3-4(6)2-5(7)8;5-2(4(8)9)1-3(6)7/h2-6,10H,7-8H2,1H3,(H,14,18);2-6,11H,7-9H2,1H3,(H,14,17);1-5,9H,6-7H2,(H,13,16);1-5H,(H,8,9);4H,2-3,6H2,1H3;2H,1,5H2,(H,6,7)(H,8,9)/t10-;11-;9-;;4-;2-/m000.00/s1. The molecule has 4 aromatic carbocycles. The van der Waals surface area contributed by atoms with E-state index in [-0.39, 0.29) is 62.5 Å². The number of amides is 7. The Labute approximate surface area is 464 Å². The van der Waals surface area contributed by atoms with Gasteiger partial charge in [-0.3, -0.25) is 38.5 Å². The Bertz CT molecular complexity index is 2780. The predicted octanol–water partition coefficient (Wildman–Crippen LogP) is 2.00. The molecule has 0 radical (unpaired) electrons. The number of carbonyl (C=O) groups excluding carboxylic acids is 9. The van der Waals surface area contributed by atoms with Crippen molar-refractivity contribution in [2.75, 3.05) is 34.2 Å². The van der Waals surface area contributed by atoms with Crippen molar-refractivity contribution in [2.24, 2.45) is 11.5 Å². The molecule has 0 aliphatic carbocycles. The number of alkyl carbamates (subject to hydrolysis) is 3. The minimum absolute atomic E-state index is 0.0181. The lowest BCUT2D eigenvalue weighted by molar-refractivity contribution is -0.152. The average molecular weight is 1130 g/mol. The molecule has 4 heterocycles. The fourth-order valence-electron chi connectivity index (χ4n) is 6.91. The fourth-order valence-corrected chi connectivity index (χ4v) is 6.91. The van der Waals surface area contributed by atoms with Gasteiger partial charge >= 0.3 is 48.1 Å². The first-order valence-corrected chi connectivity index (χ1v) is 24.6. The van der Waals surface area contributed by atoms with Crippen LogP contribution >= 0.6 is 0 Å². The normalized spacial score (nSPS) is 17.9. The zero-order chi connectivity index (χ0) is 60.0. The van der Waals surface area contributed by atoms with Gasteiger partial charge in [0, 0.05) is 53.1 Å². The molecule has 0 spiro atoms. The third-order valence-corrected chi connectivity index (χ3v) is 11.2. The lowest BCUT2D eigenvalue weighted by atomic mass is 10.2. The number of carboxylic acids is 3. The quantitative estimate of drug-likeness (QED) is 0.0411. The topological polar surface area (TPSA) is 400 Å². The molecular weight excluding hydrogens is 1060 g/mol. The Morgan fingerprint density at radius 1 is 0.568 bits per heavy atom. The summed E-state index contributed by atoms with van der Waals surface area (Å²) >= 11 is 0. The fraction of sp³-hybridized carbons (Fsp3) is 0.333. The van der Waals surface area contributed by atoms with Crippen LogP contribution in [0.3, 0.4) is 0 Å². The number of hydrogen-bond acceptors (Lipinski definition) is 18. The van der Waals surface area contributed by atoms with Crippen molar-refractivity contribution in [3.8, 4) is 0 Å². The number of aliphatic carboxylic acids is 2. The van der Waals surface area contributed by atoms with Gasteiger partial charge in [-0.1, -0.05) is 109 Å². The van der Waals surface area contributed by atoms with Gasteiger partial charge in [-0.15, -0.1) is 0 Å². The number of benzene rings is 4. The molecule has 4 aromatic rings. The van der Waals surface area contributed by atoms with E-state index in [1.807, 2.05) is 78.9 Å². The van der Waals surface area contributed by atoms with Crippen LogP contribution in [0.4, 0.5) is 14.4 Å². The highest BCUT2D eigenvalue weighted by Gasteiger charge is 2.37. The van der Waals surface area contributed by atoms with Crippen molar-refractivity contribution in [1.82, 2.24) is 30.7 Å². The molecule has 7 amide bonds. The first-order valence-electron chi connectivity index (χ1n) is 24.6. The molecule has 4 aliphatic rings. The van der Waals surface area contributed by atoms with E-state index in [0.29, 0.717) is 24.9 Å². The van der Waals surface area contributed by atoms with E-state index in [9.17, 15) is 57.5 Å². The van der Waals surface area contributed by atoms with Gasteiger partial charge in [0.2, 0.25) is 17.7 Å². The highest BCUT2D eigenvalue weighted by atomic mass is 16.6. The van der Waals surface area contributed by atoms with Crippen LogP contribution < -0.4 is 27.4 Å². The maximum absolute atomic E-state index is 11.6. The van der Waals surface area contributed by atoms with Crippen molar-refractivity contribution < 1.29 is 91.8 Å². The molecular formula is C54H64N8O19. The van der Waals surface area contributed by atoms with E-state index in [1.54, 1.807) is 66.4 Å². The van der Waals surface area contributed by atoms with Crippen molar-refractivity contribution in [1.29, 1.82) is 0 Å². The van der Waals surface area contributed by atoms with Crippen LogP contribution in [0.1, 0.15) is 59.2 Å². The third-order valence-electron chi connectivity index (χ3n) is 11.2. The highest BCUT2D eigenvalue weighted by Crippen LogP contribution is 2.13. The second kappa shape index (κ2) is 34.2. The van der Waals surface area contributed by atoms with E-state index in [1.165, 1.54) is 7.05 Å². The van der Waals surface area contributed by atoms with Crippen LogP contribution in [-0.4, -0.2) is 166 Å². The number of likely N-dealkylation sites (N-methyl/N-ethyl adjacent to an activating group) is 3. The summed E-state index contributed by atoms with van der Waals surface area (Å²) in [6.45, 7) is 1.72. The number of esters is 2. The zero-order valence-corrected chi connectivity index (χ0v) is 44.4. The van der Waals surface area contributed by atoms with Gasteiger partial charge in [0.05, 0.1) is 30.9 Å². The first kappa shape index (κ1) is 65.5. The molecule has 434 valence electrons. The van der Waals surface area contributed by atoms with Gasteiger partial charge in [-0.2, -0.15) is 0 Å². The second-order valence-corrected chi connectivity index (χ2v) is 17.8. The summed E-state index contributed by atoms with van der Waals surface area (Å²) < 4.78 is 19.3. The van der Waals surface area contributed by atoms with Gasteiger partial charge in [0.15, 0.2) is 0 Å². The maximum atomic E-state index is 11.6. The van der Waals surface area contributed by atoms with Gasteiger partial charge in [-0.25, -0.2) is 24.0 Å². The number of carboxylic acid groups (broad SMARTS) is 3. The van der Waals surface area contributed by atoms with Crippen molar-refractivity contribution in [3.05, 3.63) is 144 Å². The van der Waals surface area contributed by atoms with Crippen LogP contribution in [0.5, 0.6) is 0 Å². The van der Waals surface area contributed by atoms with E-state index in [2.05, 4.69) is 20.7 Å². The predicted molar refractivity (Wildman–Crippen MR) is 283 cm³/mol. The van der Waals surface area contributed by atoms with E-state index >= 15 is 0 Å². The summed E-state index contributed by atoms with van der Waals surface area (Å²) in [4.78, 5) is 135. The molecule has 0 aromatic heterocycles. The lowest BCUT2D eigenvalue weighted by Crippen LogP contribution is -2.40. The molecule has 27 heteroatoms. The van der Waals surface area contributed by atoms with Gasteiger partial charge in [0.25, 0.3) is 5.91 Å². The molecule has 4 saturated heterocycles. The Morgan fingerprint density at radius 2 is 0.988 bits per heavy atom. The highest BCUT2D eigenvalue weighted by molar-refractivity contribution is 6.06. The molecule has 0 saturated carbocycles. The number of nitrogens with one attached hydrogen (secondary N) is 3. The lowest BCUT2D eigenvalue weighted by Gasteiger charge is -2.12. The Morgan fingerprint density at radius 3 is 1.28 bits per heavy atom. The van der Waals surface area contributed by atoms with Crippen LogP contribution in [0.15, 0.2) is 121 Å². The number of cyclic esters (lactones) is 2. The molecule has 0 bridgehead atoms. The van der Waals surface area contributed by atoms with Crippen LogP contribution in [-0.2, 0) is 77.1 Å². The Balaban J connectivity index is 0.000000264. The second-order valence-electron chi connectivity index (χ2n) is 17.8. The van der Waals surface area contributed by atoms with E-state index in [4.69, 9.17) is 41.0 Å². The molecule has 81 heavy (non-hydrogen) atoms. The summed E-state index contributed by atoms with van der Waals surface area (Å²) in [5.41, 5.74) is 13.2. The van der Waals surface area contributed by atoms with E-state index in [0.717, 1.165) is 28.1 Å². The van der Waals surface area contributed by atoms with Crippen molar-refractivity contribution in [3.63, 3.8) is 0 Å². The summed E-state index contributed by atoms with van der Waals surface area (Å²) in [7, 11) is 4.89. The number of nitrogens with zero attached hydrogens (tertiary/aromatic N) is 3. The number of likely N-dealkylation sites (tertiary alicyclic amines) is 3. The number of imide groups is 1. The number of ether oxygens (including phenoxy) is 4. The Hall–Kier alpha value is -9.76. The average Bonchev–Trinajstić information content (AvgIpc) is 4.14. The molecule has 4 aliphatic heterocycles. The molecule has 0 unspecified atom stereocenters. The van der Waals surface area contributed by atoms with Crippen molar-refractivity contribution >= 4 is 71.8 Å². The summed E-state index contributed by atoms with van der Waals surface area (Å²) in [5, 5.41) is 31.8.